The molecule has 2 rings (SSSR count). The number of aliphatic carboxylic acids is 1. The fourth-order valence-corrected chi connectivity index (χ4v) is 2.31. The number of methoxy groups -OCH3 is 2. The van der Waals surface area contributed by atoms with Crippen molar-refractivity contribution in [2.24, 2.45) is 0 Å². The summed E-state index contributed by atoms with van der Waals surface area (Å²) in [4.78, 5) is 23.4. The van der Waals surface area contributed by atoms with Gasteiger partial charge in [0.25, 0.3) is 0 Å². The van der Waals surface area contributed by atoms with Gasteiger partial charge in [-0.1, -0.05) is 6.07 Å². The molecule has 0 aliphatic heterocycles. The third kappa shape index (κ3) is 4.33. The van der Waals surface area contributed by atoms with Crippen molar-refractivity contribution in [3.05, 3.63) is 36.2 Å². The van der Waals surface area contributed by atoms with Crippen LogP contribution in [-0.2, 0) is 21.5 Å². The highest BCUT2D eigenvalue weighted by Crippen LogP contribution is 2.28. The molecule has 0 atom stereocenters. The molecule has 8 heteroatoms. The van der Waals surface area contributed by atoms with Crippen molar-refractivity contribution in [3.8, 4) is 11.5 Å². The van der Waals surface area contributed by atoms with E-state index in [-0.39, 0.29) is 12.3 Å². The van der Waals surface area contributed by atoms with Gasteiger partial charge in [0.2, 0.25) is 5.91 Å². The van der Waals surface area contributed by atoms with E-state index in [1.54, 1.807) is 20.3 Å². The van der Waals surface area contributed by atoms with Crippen LogP contribution in [0.2, 0.25) is 0 Å². The van der Waals surface area contributed by atoms with E-state index >= 15 is 0 Å². The lowest BCUT2D eigenvalue weighted by Crippen LogP contribution is -2.35. The fraction of sp³-hybridized carbons (Fsp3) is 0.389. The molecule has 0 spiro atoms. The molecule has 26 heavy (non-hydrogen) atoms. The molecule has 2 N–H and O–H groups in total. The van der Waals surface area contributed by atoms with Gasteiger partial charge < -0.3 is 19.9 Å². The summed E-state index contributed by atoms with van der Waals surface area (Å²) in [6.45, 7) is 3.07. The molecule has 0 aliphatic carbocycles. The number of amides is 1. The molecular formula is C18H23N3O5. The zero-order valence-corrected chi connectivity index (χ0v) is 15.3. The van der Waals surface area contributed by atoms with Crippen molar-refractivity contribution in [3.63, 3.8) is 0 Å². The molecule has 1 aromatic carbocycles. The molecule has 0 unspecified atom stereocenters. The van der Waals surface area contributed by atoms with Gasteiger partial charge >= 0.3 is 5.97 Å². The summed E-state index contributed by atoms with van der Waals surface area (Å²) in [5, 5.41) is 15.9. The van der Waals surface area contributed by atoms with Crippen molar-refractivity contribution in [2.75, 3.05) is 19.5 Å². The molecule has 2 aromatic rings. The van der Waals surface area contributed by atoms with Crippen LogP contribution in [-0.4, -0.2) is 41.0 Å². The van der Waals surface area contributed by atoms with Crippen LogP contribution in [0.5, 0.6) is 11.5 Å². The second kappa shape index (κ2) is 7.90. The molecule has 1 amide bonds. The molecule has 1 heterocycles. The van der Waals surface area contributed by atoms with E-state index in [0.29, 0.717) is 23.6 Å². The molecule has 1 aromatic heterocycles. The molecule has 0 aliphatic rings. The van der Waals surface area contributed by atoms with Crippen LogP contribution >= 0.6 is 0 Å². The third-order valence-corrected chi connectivity index (χ3v) is 4.05. The Bertz CT molecular complexity index is 798. The predicted molar refractivity (Wildman–Crippen MR) is 95.7 cm³/mol. The Kier molecular flexibility index (Phi) is 5.86. The van der Waals surface area contributed by atoms with E-state index in [0.717, 1.165) is 5.56 Å². The summed E-state index contributed by atoms with van der Waals surface area (Å²) < 4.78 is 11.7. The first-order valence-electron chi connectivity index (χ1n) is 8.07. The van der Waals surface area contributed by atoms with Gasteiger partial charge in [-0.25, -0.2) is 4.79 Å². The lowest BCUT2D eigenvalue weighted by Gasteiger charge is -2.19. The minimum absolute atomic E-state index is 0.188. The van der Waals surface area contributed by atoms with Gasteiger partial charge in [0.15, 0.2) is 17.0 Å². The first-order chi connectivity index (χ1) is 12.3. The van der Waals surface area contributed by atoms with Crippen molar-refractivity contribution in [2.45, 2.75) is 32.2 Å². The number of rotatable bonds is 8. The average Bonchev–Trinajstić information content (AvgIpc) is 3.08. The normalized spacial score (nSPS) is 11.1. The molecule has 0 saturated carbocycles. The van der Waals surface area contributed by atoms with E-state index in [1.165, 1.54) is 30.9 Å². The van der Waals surface area contributed by atoms with Crippen LogP contribution in [0.3, 0.4) is 0 Å². The second-order valence-electron chi connectivity index (χ2n) is 6.28. The highest BCUT2D eigenvalue weighted by atomic mass is 16.5. The topological polar surface area (TPSA) is 103 Å². The summed E-state index contributed by atoms with van der Waals surface area (Å²) in [7, 11) is 3.13. The average molecular weight is 361 g/mol. The number of hydrogen-bond acceptors (Lipinski definition) is 5. The Labute approximate surface area is 151 Å². The lowest BCUT2D eigenvalue weighted by atomic mass is 10.1. The minimum atomic E-state index is -1.19. The molecule has 0 saturated heterocycles. The number of carbonyl (C=O) groups excluding carboxylic acids is 1. The zero-order valence-electron chi connectivity index (χ0n) is 15.3. The summed E-state index contributed by atoms with van der Waals surface area (Å²) in [5.74, 6) is 0.0520. The van der Waals surface area contributed by atoms with Gasteiger partial charge in [0.1, 0.15) is 0 Å². The highest BCUT2D eigenvalue weighted by molar-refractivity contribution is 5.90. The number of nitrogens with zero attached hydrogens (tertiary/aromatic N) is 2. The van der Waals surface area contributed by atoms with Crippen molar-refractivity contribution in [1.29, 1.82) is 0 Å². The van der Waals surface area contributed by atoms with Gasteiger partial charge in [-0.05, 0) is 38.0 Å². The number of aromatic nitrogens is 2. The zero-order chi connectivity index (χ0) is 19.3. The lowest BCUT2D eigenvalue weighted by molar-refractivity contribution is -0.146. The Balaban J connectivity index is 1.96. The van der Waals surface area contributed by atoms with Crippen LogP contribution in [0.25, 0.3) is 0 Å². The fourth-order valence-electron chi connectivity index (χ4n) is 2.31. The van der Waals surface area contributed by atoms with E-state index < -0.39 is 11.5 Å². The predicted octanol–water partition coefficient (Wildman–Crippen LogP) is 2.29. The molecule has 0 bridgehead atoms. The number of carboxylic acids is 1. The second-order valence-corrected chi connectivity index (χ2v) is 6.28. The molecule has 0 fully saturated rings. The van der Waals surface area contributed by atoms with Crippen molar-refractivity contribution >= 4 is 17.6 Å². The largest absolute Gasteiger partial charge is 0.493 e. The Hall–Kier alpha value is -3.03. The van der Waals surface area contributed by atoms with E-state index in [2.05, 4.69) is 10.4 Å². The van der Waals surface area contributed by atoms with Crippen molar-refractivity contribution in [1.82, 2.24) is 9.78 Å². The first-order valence-corrected chi connectivity index (χ1v) is 8.07. The van der Waals surface area contributed by atoms with Gasteiger partial charge in [-0.15, -0.1) is 0 Å². The molecular weight excluding hydrogens is 338 g/mol. The number of carboxylic acid groups (broad SMARTS) is 1. The Morgan fingerprint density at radius 3 is 2.54 bits per heavy atom. The number of benzene rings is 1. The SMILES string of the molecule is COc1ccc(CCC(=O)Nc2cnn(C(C)(C)C(=O)O)c2)cc1OC. The van der Waals surface area contributed by atoms with Crippen LogP contribution in [0.15, 0.2) is 30.6 Å². The quantitative estimate of drug-likeness (QED) is 0.748. The summed E-state index contributed by atoms with van der Waals surface area (Å²) in [6, 6.07) is 5.51. The Morgan fingerprint density at radius 2 is 1.92 bits per heavy atom. The minimum Gasteiger partial charge on any atom is -0.493 e. The summed E-state index contributed by atoms with van der Waals surface area (Å²) >= 11 is 0. The van der Waals surface area contributed by atoms with Gasteiger partial charge in [0.05, 0.1) is 26.1 Å². The molecule has 0 radical (unpaired) electrons. The maximum atomic E-state index is 12.1. The highest BCUT2D eigenvalue weighted by Gasteiger charge is 2.30. The maximum absolute atomic E-state index is 12.1. The summed E-state index contributed by atoms with van der Waals surface area (Å²) in [6.07, 6.45) is 3.73. The monoisotopic (exact) mass is 361 g/mol. The van der Waals surface area contributed by atoms with E-state index in [1.807, 2.05) is 12.1 Å². The van der Waals surface area contributed by atoms with Gasteiger partial charge in [-0.2, -0.15) is 5.10 Å². The first kappa shape index (κ1) is 19.3. The third-order valence-electron chi connectivity index (χ3n) is 4.05. The molecule has 8 nitrogen and oxygen atoms in total. The number of ether oxygens (including phenoxy) is 2. The number of carbonyl (C=O) groups is 2. The number of hydrogen-bond donors (Lipinski definition) is 2. The molecule has 140 valence electrons. The van der Waals surface area contributed by atoms with E-state index in [9.17, 15) is 14.7 Å². The van der Waals surface area contributed by atoms with Gasteiger partial charge in [-0.3, -0.25) is 9.48 Å². The summed E-state index contributed by atoms with van der Waals surface area (Å²) in [5.41, 5.74) is 0.208. The number of nitrogens with one attached hydrogen (secondary N) is 1. The maximum Gasteiger partial charge on any atom is 0.331 e. The van der Waals surface area contributed by atoms with Crippen LogP contribution in [0.4, 0.5) is 5.69 Å². The van der Waals surface area contributed by atoms with Crippen LogP contribution < -0.4 is 14.8 Å². The number of anilines is 1. The number of aryl methyl sites for hydroxylation is 1. The standard InChI is InChI=1S/C18H23N3O5/c1-18(2,17(23)24)21-11-13(10-19-21)20-16(22)8-6-12-5-7-14(25-3)15(9-12)26-4/h5,7,9-11H,6,8H2,1-4H3,(H,20,22)(H,23,24). The van der Waals surface area contributed by atoms with Gasteiger partial charge in [0, 0.05) is 12.6 Å². The van der Waals surface area contributed by atoms with E-state index in [4.69, 9.17) is 9.47 Å². The smallest absolute Gasteiger partial charge is 0.331 e. The Morgan fingerprint density at radius 1 is 1.23 bits per heavy atom. The van der Waals surface area contributed by atoms with Crippen LogP contribution in [0, 0.1) is 0 Å². The van der Waals surface area contributed by atoms with Crippen LogP contribution in [0.1, 0.15) is 25.8 Å². The van der Waals surface area contributed by atoms with Crippen molar-refractivity contribution < 1.29 is 24.2 Å².